The Labute approximate surface area is 181 Å². The summed E-state index contributed by atoms with van der Waals surface area (Å²) < 4.78 is 5.15. The Bertz CT molecular complexity index is 768. The minimum absolute atomic E-state index is 0. The van der Waals surface area contributed by atoms with Crippen LogP contribution in [0.1, 0.15) is 12.5 Å². The predicted molar refractivity (Wildman–Crippen MR) is 123 cm³/mol. The predicted octanol–water partition coefficient (Wildman–Crippen LogP) is 3.39. The van der Waals surface area contributed by atoms with Gasteiger partial charge in [-0.2, -0.15) is 0 Å². The smallest absolute Gasteiger partial charge is 0.292 e. The van der Waals surface area contributed by atoms with E-state index >= 15 is 0 Å². The molecule has 0 bridgehead atoms. The second-order valence-corrected chi connectivity index (χ2v) is 5.67. The fourth-order valence-corrected chi connectivity index (χ4v) is 2.40. The number of methoxy groups -OCH3 is 1. The van der Waals surface area contributed by atoms with Crippen LogP contribution in [0.2, 0.25) is 0 Å². The number of nitro groups is 1. The summed E-state index contributed by atoms with van der Waals surface area (Å²) in [7, 11) is 1.64. The van der Waals surface area contributed by atoms with E-state index in [0.717, 1.165) is 17.9 Å². The molecule has 152 valence electrons. The molecule has 0 spiro atoms. The van der Waals surface area contributed by atoms with E-state index in [1.54, 1.807) is 25.3 Å². The molecule has 2 aromatic carbocycles. The maximum absolute atomic E-state index is 11.0. The van der Waals surface area contributed by atoms with Crippen LogP contribution in [-0.4, -0.2) is 37.6 Å². The molecule has 0 amide bonds. The number of guanidine groups is 1. The van der Waals surface area contributed by atoms with Crippen molar-refractivity contribution in [3.8, 4) is 5.75 Å². The van der Waals surface area contributed by atoms with Crippen molar-refractivity contribution in [1.29, 1.82) is 0 Å². The number of hydrogen-bond acceptors (Lipinski definition) is 5. The molecule has 0 atom stereocenters. The van der Waals surface area contributed by atoms with Gasteiger partial charge in [0.1, 0.15) is 11.4 Å². The summed E-state index contributed by atoms with van der Waals surface area (Å²) in [6.45, 7) is 4.37. The van der Waals surface area contributed by atoms with Crippen LogP contribution in [0.15, 0.2) is 53.5 Å². The zero-order valence-electron chi connectivity index (χ0n) is 16.0. The molecule has 28 heavy (non-hydrogen) atoms. The number of benzene rings is 2. The van der Waals surface area contributed by atoms with Crippen molar-refractivity contribution in [2.24, 2.45) is 4.99 Å². The molecule has 0 aliphatic heterocycles. The van der Waals surface area contributed by atoms with Crippen LogP contribution in [0.5, 0.6) is 5.75 Å². The zero-order chi connectivity index (χ0) is 19.5. The minimum atomic E-state index is -0.393. The zero-order valence-corrected chi connectivity index (χ0v) is 18.3. The van der Waals surface area contributed by atoms with E-state index in [1.807, 2.05) is 31.2 Å². The SMILES string of the molecule is CCNC(=NCc1ccc(OC)cc1)NCCNc1ccccc1[N+](=O)[O-].I. The summed E-state index contributed by atoms with van der Waals surface area (Å²) in [5.41, 5.74) is 1.65. The van der Waals surface area contributed by atoms with Crippen molar-refractivity contribution < 1.29 is 9.66 Å². The van der Waals surface area contributed by atoms with E-state index < -0.39 is 4.92 Å². The number of aliphatic imine (C=N–C) groups is 1. The monoisotopic (exact) mass is 499 g/mol. The molecule has 0 fully saturated rings. The summed E-state index contributed by atoms with van der Waals surface area (Å²) in [5.74, 6) is 1.51. The second-order valence-electron chi connectivity index (χ2n) is 5.67. The summed E-state index contributed by atoms with van der Waals surface area (Å²) >= 11 is 0. The van der Waals surface area contributed by atoms with Crippen molar-refractivity contribution in [3.05, 3.63) is 64.2 Å². The van der Waals surface area contributed by atoms with Gasteiger partial charge < -0.3 is 20.7 Å². The van der Waals surface area contributed by atoms with Gasteiger partial charge in [-0.05, 0) is 30.7 Å². The van der Waals surface area contributed by atoms with Crippen molar-refractivity contribution in [1.82, 2.24) is 10.6 Å². The van der Waals surface area contributed by atoms with E-state index in [-0.39, 0.29) is 29.7 Å². The molecule has 0 saturated carbocycles. The number of hydrogen-bond donors (Lipinski definition) is 3. The number of anilines is 1. The highest BCUT2D eigenvalue weighted by molar-refractivity contribution is 14.0. The third-order valence-electron chi connectivity index (χ3n) is 3.76. The molecular formula is C19H26IN5O3. The summed E-state index contributed by atoms with van der Waals surface area (Å²) in [6, 6.07) is 14.4. The molecule has 0 saturated heterocycles. The number of para-hydroxylation sites is 2. The third kappa shape index (κ3) is 7.59. The third-order valence-corrected chi connectivity index (χ3v) is 3.76. The van der Waals surface area contributed by atoms with Crippen LogP contribution < -0.4 is 20.7 Å². The van der Waals surface area contributed by atoms with Gasteiger partial charge in [-0.25, -0.2) is 4.99 Å². The molecule has 8 nitrogen and oxygen atoms in total. The molecule has 3 N–H and O–H groups in total. The first-order chi connectivity index (χ1) is 13.1. The second kappa shape index (κ2) is 12.8. The van der Waals surface area contributed by atoms with E-state index in [4.69, 9.17) is 4.74 Å². The largest absolute Gasteiger partial charge is 0.497 e. The number of halogens is 1. The highest BCUT2D eigenvalue weighted by Crippen LogP contribution is 2.22. The topological polar surface area (TPSA) is 101 Å². The lowest BCUT2D eigenvalue weighted by Crippen LogP contribution is -2.39. The fraction of sp³-hybridized carbons (Fsp3) is 0.316. The van der Waals surface area contributed by atoms with E-state index in [0.29, 0.717) is 31.3 Å². The molecule has 0 unspecified atom stereocenters. The van der Waals surface area contributed by atoms with Crippen molar-refractivity contribution in [2.45, 2.75) is 13.5 Å². The first-order valence-electron chi connectivity index (χ1n) is 8.76. The summed E-state index contributed by atoms with van der Waals surface area (Å²) in [4.78, 5) is 15.2. The molecule has 0 heterocycles. The van der Waals surface area contributed by atoms with Gasteiger partial charge in [0.15, 0.2) is 5.96 Å². The average Bonchev–Trinajstić information content (AvgIpc) is 2.69. The molecular weight excluding hydrogens is 473 g/mol. The Kier molecular flexibility index (Phi) is 10.7. The standard InChI is InChI=1S/C19H25N5O3.HI/c1-3-20-19(23-14-15-8-10-16(27-2)11-9-15)22-13-12-21-17-6-4-5-7-18(17)24(25)26;/h4-11,21H,3,12-14H2,1-2H3,(H2,20,22,23);1H. The minimum Gasteiger partial charge on any atom is -0.497 e. The van der Waals surface area contributed by atoms with Gasteiger partial charge in [-0.3, -0.25) is 10.1 Å². The molecule has 2 rings (SSSR count). The normalized spacial score (nSPS) is 10.6. The van der Waals surface area contributed by atoms with Crippen LogP contribution >= 0.6 is 24.0 Å². The Balaban J connectivity index is 0.00000392. The number of nitro benzene ring substituents is 1. The van der Waals surface area contributed by atoms with Gasteiger partial charge in [0.2, 0.25) is 0 Å². The number of ether oxygens (including phenoxy) is 1. The fourth-order valence-electron chi connectivity index (χ4n) is 2.40. The molecule has 0 aromatic heterocycles. The van der Waals surface area contributed by atoms with Gasteiger partial charge >= 0.3 is 0 Å². The lowest BCUT2D eigenvalue weighted by molar-refractivity contribution is -0.384. The van der Waals surface area contributed by atoms with E-state index in [1.165, 1.54) is 6.07 Å². The number of nitrogens with one attached hydrogen (secondary N) is 3. The van der Waals surface area contributed by atoms with Gasteiger partial charge in [-0.15, -0.1) is 24.0 Å². The molecule has 2 aromatic rings. The molecule has 0 radical (unpaired) electrons. The lowest BCUT2D eigenvalue weighted by atomic mass is 10.2. The van der Waals surface area contributed by atoms with Crippen molar-refractivity contribution >= 4 is 41.3 Å². The van der Waals surface area contributed by atoms with Gasteiger partial charge in [0, 0.05) is 25.7 Å². The maximum atomic E-state index is 11.0. The first kappa shape index (κ1) is 23.5. The summed E-state index contributed by atoms with van der Waals surface area (Å²) in [5, 5.41) is 20.5. The van der Waals surface area contributed by atoms with Gasteiger partial charge in [-0.1, -0.05) is 24.3 Å². The van der Waals surface area contributed by atoms with Crippen LogP contribution in [0, 0.1) is 10.1 Å². The van der Waals surface area contributed by atoms with Crippen LogP contribution in [0.4, 0.5) is 11.4 Å². The van der Waals surface area contributed by atoms with E-state index in [9.17, 15) is 10.1 Å². The maximum Gasteiger partial charge on any atom is 0.292 e. The Hall–Kier alpha value is -2.56. The molecule has 9 heteroatoms. The van der Waals surface area contributed by atoms with Crippen molar-refractivity contribution in [3.63, 3.8) is 0 Å². The first-order valence-corrected chi connectivity index (χ1v) is 8.76. The number of rotatable bonds is 9. The van der Waals surface area contributed by atoms with Crippen molar-refractivity contribution in [2.75, 3.05) is 32.1 Å². The average molecular weight is 499 g/mol. The van der Waals surface area contributed by atoms with Gasteiger partial charge in [0.25, 0.3) is 5.69 Å². The Morgan fingerprint density at radius 2 is 1.82 bits per heavy atom. The van der Waals surface area contributed by atoms with Crippen LogP contribution in [-0.2, 0) is 6.54 Å². The molecule has 0 aliphatic carbocycles. The highest BCUT2D eigenvalue weighted by Gasteiger charge is 2.11. The lowest BCUT2D eigenvalue weighted by Gasteiger charge is -2.12. The van der Waals surface area contributed by atoms with Crippen LogP contribution in [0.3, 0.4) is 0 Å². The van der Waals surface area contributed by atoms with Crippen LogP contribution in [0.25, 0.3) is 0 Å². The summed E-state index contributed by atoms with van der Waals surface area (Å²) in [6.07, 6.45) is 0. The Morgan fingerprint density at radius 3 is 2.46 bits per heavy atom. The quantitative estimate of drug-likeness (QED) is 0.122. The highest BCUT2D eigenvalue weighted by atomic mass is 127. The Morgan fingerprint density at radius 1 is 1.11 bits per heavy atom. The van der Waals surface area contributed by atoms with E-state index in [2.05, 4.69) is 20.9 Å². The number of nitrogens with zero attached hydrogens (tertiary/aromatic N) is 2. The van der Waals surface area contributed by atoms with Gasteiger partial charge in [0.05, 0.1) is 18.6 Å². The molecule has 0 aliphatic rings.